The topological polar surface area (TPSA) is 21.7 Å². The Bertz CT molecular complexity index is 397. The van der Waals surface area contributed by atoms with E-state index in [1.807, 2.05) is 12.1 Å². The van der Waals surface area contributed by atoms with E-state index in [1.54, 1.807) is 14.2 Å². The molecule has 0 aliphatic carbocycles. The van der Waals surface area contributed by atoms with Gasteiger partial charge >= 0.3 is 0 Å². The van der Waals surface area contributed by atoms with Gasteiger partial charge in [-0.05, 0) is 25.3 Å². The van der Waals surface area contributed by atoms with Crippen molar-refractivity contribution in [2.45, 2.75) is 19.5 Å². The number of methoxy groups -OCH3 is 2. The van der Waals surface area contributed by atoms with Crippen LogP contribution in [0.25, 0.3) is 0 Å². The first-order chi connectivity index (χ1) is 8.74. The van der Waals surface area contributed by atoms with Crippen molar-refractivity contribution in [3.8, 4) is 11.5 Å². The first-order valence-electron chi connectivity index (χ1n) is 6.40. The molecule has 0 saturated carbocycles. The number of benzene rings is 1. The molecular weight excluding hydrogens is 245 g/mol. The van der Waals surface area contributed by atoms with Gasteiger partial charge in [-0.3, -0.25) is 4.90 Å². The van der Waals surface area contributed by atoms with E-state index in [0.29, 0.717) is 6.04 Å². The van der Waals surface area contributed by atoms with Crippen LogP contribution in [0, 0.1) is 0 Å². The van der Waals surface area contributed by atoms with Crippen LogP contribution >= 0.6 is 8.58 Å². The Morgan fingerprint density at radius 1 is 1.33 bits per heavy atom. The number of ether oxygens (including phenoxy) is 2. The normalized spacial score (nSPS) is 22.1. The Morgan fingerprint density at radius 3 is 2.83 bits per heavy atom. The number of nitrogens with zero attached hydrogens (tertiary/aromatic N) is 1. The lowest BCUT2D eigenvalue weighted by Crippen LogP contribution is -2.39. The zero-order valence-electron chi connectivity index (χ0n) is 11.4. The summed E-state index contributed by atoms with van der Waals surface area (Å²) in [4.78, 5) is 2.54. The second kappa shape index (κ2) is 6.40. The lowest BCUT2D eigenvalue weighted by molar-refractivity contribution is 0.219. The Hall–Kier alpha value is -0.790. The van der Waals surface area contributed by atoms with E-state index in [-0.39, 0.29) is 0 Å². The van der Waals surface area contributed by atoms with E-state index in [0.717, 1.165) is 26.6 Å². The molecule has 0 N–H and O–H groups in total. The summed E-state index contributed by atoms with van der Waals surface area (Å²) < 4.78 is 10.7. The summed E-state index contributed by atoms with van der Waals surface area (Å²) in [5.41, 5.74) is 1.25. The van der Waals surface area contributed by atoms with E-state index < -0.39 is 0 Å². The zero-order valence-corrected chi connectivity index (χ0v) is 12.4. The minimum Gasteiger partial charge on any atom is -0.497 e. The molecule has 0 radical (unpaired) electrons. The molecule has 0 bridgehead atoms. The van der Waals surface area contributed by atoms with E-state index in [2.05, 4.69) is 17.9 Å². The third-order valence-electron chi connectivity index (χ3n) is 3.51. The third-order valence-corrected chi connectivity index (χ3v) is 4.96. The van der Waals surface area contributed by atoms with Gasteiger partial charge in [-0.15, -0.1) is 8.58 Å². The number of hydrogen-bond acceptors (Lipinski definition) is 3. The third kappa shape index (κ3) is 3.15. The Kier molecular flexibility index (Phi) is 4.85. The fourth-order valence-electron chi connectivity index (χ4n) is 2.32. The van der Waals surface area contributed by atoms with E-state index in [1.165, 1.54) is 24.4 Å². The smallest absolute Gasteiger partial charge is 0.127 e. The molecule has 1 heterocycles. The Labute approximate surface area is 111 Å². The van der Waals surface area contributed by atoms with Crippen molar-refractivity contribution < 1.29 is 9.47 Å². The van der Waals surface area contributed by atoms with Crippen molar-refractivity contribution in [2.24, 2.45) is 0 Å². The molecule has 2 rings (SSSR count). The molecule has 0 spiro atoms. The first kappa shape index (κ1) is 13.6. The highest BCUT2D eigenvalue weighted by Gasteiger charge is 2.19. The van der Waals surface area contributed by atoms with Crippen LogP contribution in [0.5, 0.6) is 11.5 Å². The van der Waals surface area contributed by atoms with E-state index >= 15 is 0 Å². The minimum atomic E-state index is 0.684. The fraction of sp³-hybridized carbons (Fsp3) is 0.571. The molecule has 18 heavy (non-hydrogen) atoms. The Balaban J connectivity index is 2.12. The molecule has 0 aromatic heterocycles. The van der Waals surface area contributed by atoms with Crippen LogP contribution in [0.1, 0.15) is 12.5 Å². The van der Waals surface area contributed by atoms with Crippen molar-refractivity contribution in [2.75, 3.05) is 33.1 Å². The molecule has 2 atom stereocenters. The monoisotopic (exact) mass is 267 g/mol. The maximum Gasteiger partial charge on any atom is 0.127 e. The molecule has 1 aliphatic rings. The Morgan fingerprint density at radius 2 is 2.17 bits per heavy atom. The van der Waals surface area contributed by atoms with Crippen LogP contribution in [0.3, 0.4) is 0 Å². The van der Waals surface area contributed by atoms with Gasteiger partial charge < -0.3 is 9.47 Å². The molecule has 2 unspecified atom stereocenters. The summed E-state index contributed by atoms with van der Waals surface area (Å²) in [6, 6.07) is 6.77. The van der Waals surface area contributed by atoms with Crippen molar-refractivity contribution in [1.29, 1.82) is 0 Å². The second-order valence-corrected chi connectivity index (χ2v) is 6.11. The van der Waals surface area contributed by atoms with Gasteiger partial charge in [-0.25, -0.2) is 0 Å². The molecule has 4 heteroatoms. The maximum atomic E-state index is 5.46. The van der Waals surface area contributed by atoms with E-state index in [9.17, 15) is 0 Å². The first-order valence-corrected chi connectivity index (χ1v) is 7.81. The van der Waals surface area contributed by atoms with Crippen molar-refractivity contribution in [3.05, 3.63) is 23.8 Å². The van der Waals surface area contributed by atoms with Crippen LogP contribution in [0.2, 0.25) is 0 Å². The highest BCUT2D eigenvalue weighted by Crippen LogP contribution is 2.28. The van der Waals surface area contributed by atoms with Gasteiger partial charge in [0.05, 0.1) is 14.2 Å². The van der Waals surface area contributed by atoms with Gasteiger partial charge in [-0.2, -0.15) is 0 Å². The molecular formula is C14H22NO2P. The number of hydrogen-bond donors (Lipinski definition) is 0. The average Bonchev–Trinajstić information content (AvgIpc) is 2.41. The van der Waals surface area contributed by atoms with Crippen LogP contribution in [-0.4, -0.2) is 44.0 Å². The zero-order chi connectivity index (χ0) is 13.0. The molecule has 100 valence electrons. The quantitative estimate of drug-likeness (QED) is 0.783. The van der Waals surface area contributed by atoms with Gasteiger partial charge in [0, 0.05) is 30.8 Å². The minimum absolute atomic E-state index is 0.684. The van der Waals surface area contributed by atoms with Crippen molar-refractivity contribution in [1.82, 2.24) is 4.90 Å². The molecule has 1 aromatic carbocycles. The van der Waals surface area contributed by atoms with Crippen LogP contribution in [-0.2, 0) is 6.54 Å². The van der Waals surface area contributed by atoms with Gasteiger partial charge in [0.2, 0.25) is 0 Å². The lowest BCUT2D eigenvalue weighted by Gasteiger charge is -2.33. The van der Waals surface area contributed by atoms with Crippen LogP contribution in [0.4, 0.5) is 0 Å². The second-order valence-electron chi connectivity index (χ2n) is 4.70. The molecule has 0 amide bonds. The molecule has 1 aliphatic heterocycles. The van der Waals surface area contributed by atoms with Crippen molar-refractivity contribution in [3.63, 3.8) is 0 Å². The average molecular weight is 267 g/mol. The highest BCUT2D eigenvalue weighted by molar-refractivity contribution is 7.38. The molecule has 1 fully saturated rings. The fourth-order valence-corrected chi connectivity index (χ4v) is 3.64. The summed E-state index contributed by atoms with van der Waals surface area (Å²) in [6.45, 7) is 4.50. The maximum absolute atomic E-state index is 5.46. The summed E-state index contributed by atoms with van der Waals surface area (Å²) in [5.74, 6) is 1.78. The van der Waals surface area contributed by atoms with Crippen LogP contribution < -0.4 is 9.47 Å². The van der Waals surface area contributed by atoms with Gasteiger partial charge in [0.25, 0.3) is 0 Å². The van der Waals surface area contributed by atoms with E-state index in [4.69, 9.17) is 9.47 Å². The standard InChI is InChI=1S/C14H22NO2P/c1-11-10-18-7-6-15(11)9-12-4-5-13(16-2)8-14(12)17-3/h4-5,8,11,18H,6-7,9-10H2,1-3H3. The van der Waals surface area contributed by atoms with Crippen LogP contribution in [0.15, 0.2) is 18.2 Å². The summed E-state index contributed by atoms with van der Waals surface area (Å²) in [7, 11) is 4.54. The molecule has 1 saturated heterocycles. The number of rotatable bonds is 4. The predicted molar refractivity (Wildman–Crippen MR) is 77.5 cm³/mol. The SMILES string of the molecule is COc1ccc(CN2CCPCC2C)c(OC)c1. The predicted octanol–water partition coefficient (Wildman–Crippen LogP) is 2.59. The summed E-state index contributed by atoms with van der Waals surface area (Å²) >= 11 is 0. The summed E-state index contributed by atoms with van der Waals surface area (Å²) in [5, 5.41) is 0. The molecule has 3 nitrogen and oxygen atoms in total. The van der Waals surface area contributed by atoms with Crippen molar-refractivity contribution >= 4 is 8.58 Å². The molecule has 1 aromatic rings. The summed E-state index contributed by atoms with van der Waals surface area (Å²) in [6.07, 6.45) is 2.67. The largest absolute Gasteiger partial charge is 0.497 e. The van der Waals surface area contributed by atoms with Gasteiger partial charge in [-0.1, -0.05) is 6.07 Å². The highest BCUT2D eigenvalue weighted by atomic mass is 31.1. The van der Waals surface area contributed by atoms with Gasteiger partial charge in [0.15, 0.2) is 0 Å². The van der Waals surface area contributed by atoms with Gasteiger partial charge in [0.1, 0.15) is 11.5 Å². The lowest BCUT2D eigenvalue weighted by atomic mass is 10.1.